The van der Waals surface area contributed by atoms with E-state index < -0.39 is 27.7 Å². The third-order valence-corrected chi connectivity index (χ3v) is 5.32. The number of carbonyl (C=O) groups is 1. The van der Waals surface area contributed by atoms with Crippen molar-refractivity contribution < 1.29 is 31.5 Å². The molecule has 1 heterocycles. The quantitative estimate of drug-likeness (QED) is 0.868. The number of benzene rings is 1. The van der Waals surface area contributed by atoms with Crippen LogP contribution in [-0.2, 0) is 16.2 Å². The van der Waals surface area contributed by atoms with Gasteiger partial charge >= 0.3 is 12.1 Å². The Kier molecular flexibility index (Phi) is 4.40. The number of anilines is 1. The van der Waals surface area contributed by atoms with Crippen molar-refractivity contribution in [3.63, 3.8) is 0 Å². The standard InChI is InChI=1S/C13H10F3NO4S2/c1-7-6-8(13(14,15)16)2-3-10(7)23(20,21)17-9-4-5-22-11(9)12(18)19/h2-6,17H,1H3,(H,18,19). The first kappa shape index (κ1) is 17.3. The average Bonchev–Trinajstić information content (AvgIpc) is 2.84. The number of hydrogen-bond acceptors (Lipinski definition) is 4. The molecule has 2 N–H and O–H groups in total. The third kappa shape index (κ3) is 3.64. The molecule has 0 radical (unpaired) electrons. The number of nitrogens with one attached hydrogen (secondary N) is 1. The Bertz CT molecular complexity index is 856. The van der Waals surface area contributed by atoms with E-state index in [1.807, 2.05) is 0 Å². The van der Waals surface area contributed by atoms with Gasteiger partial charge in [0, 0.05) is 0 Å². The fourth-order valence-corrected chi connectivity index (χ4v) is 3.93. The van der Waals surface area contributed by atoms with Crippen LogP contribution >= 0.6 is 11.3 Å². The molecular formula is C13H10F3NO4S2. The molecule has 23 heavy (non-hydrogen) atoms. The zero-order valence-corrected chi connectivity index (χ0v) is 13.1. The molecule has 0 fully saturated rings. The number of aryl methyl sites for hydroxylation is 1. The molecule has 0 saturated carbocycles. The summed E-state index contributed by atoms with van der Waals surface area (Å²) in [4.78, 5) is 10.4. The van der Waals surface area contributed by atoms with Crippen LogP contribution in [0, 0.1) is 6.92 Å². The lowest BCUT2D eigenvalue weighted by atomic mass is 10.1. The molecule has 5 nitrogen and oxygen atoms in total. The van der Waals surface area contributed by atoms with Crippen LogP contribution < -0.4 is 4.72 Å². The van der Waals surface area contributed by atoms with Gasteiger partial charge < -0.3 is 5.11 Å². The maximum Gasteiger partial charge on any atom is 0.416 e. The maximum atomic E-state index is 12.6. The zero-order chi connectivity index (χ0) is 17.4. The Labute approximate surface area is 133 Å². The number of sulfonamides is 1. The van der Waals surface area contributed by atoms with E-state index in [4.69, 9.17) is 5.11 Å². The van der Waals surface area contributed by atoms with Crippen LogP contribution in [0.15, 0.2) is 34.5 Å². The van der Waals surface area contributed by atoms with Gasteiger partial charge in [0.25, 0.3) is 10.0 Å². The van der Waals surface area contributed by atoms with Gasteiger partial charge in [-0.3, -0.25) is 4.72 Å². The number of alkyl halides is 3. The second kappa shape index (κ2) is 5.85. The van der Waals surface area contributed by atoms with Gasteiger partial charge in [-0.15, -0.1) is 11.3 Å². The third-order valence-electron chi connectivity index (χ3n) is 2.90. The lowest BCUT2D eigenvalue weighted by Gasteiger charge is -2.12. The van der Waals surface area contributed by atoms with Gasteiger partial charge in [-0.1, -0.05) is 0 Å². The summed E-state index contributed by atoms with van der Waals surface area (Å²) in [7, 11) is -4.21. The summed E-state index contributed by atoms with van der Waals surface area (Å²) in [5.41, 5.74) is -1.20. The van der Waals surface area contributed by atoms with E-state index in [0.29, 0.717) is 6.07 Å². The van der Waals surface area contributed by atoms with Crippen LogP contribution in [0.4, 0.5) is 18.9 Å². The van der Waals surface area contributed by atoms with Crippen molar-refractivity contribution in [2.45, 2.75) is 18.0 Å². The number of carboxylic acids is 1. The van der Waals surface area contributed by atoms with Gasteiger partial charge in [0.2, 0.25) is 0 Å². The summed E-state index contributed by atoms with van der Waals surface area (Å²) in [5.74, 6) is -1.30. The molecule has 2 rings (SSSR count). The summed E-state index contributed by atoms with van der Waals surface area (Å²) >= 11 is 0.828. The first-order valence-electron chi connectivity index (χ1n) is 6.04. The molecule has 1 aromatic carbocycles. The van der Waals surface area contributed by atoms with Crippen LogP contribution in [0.2, 0.25) is 0 Å². The molecule has 0 atom stereocenters. The Morgan fingerprint density at radius 3 is 2.43 bits per heavy atom. The molecule has 0 amide bonds. The first-order chi connectivity index (χ1) is 10.5. The molecule has 0 unspecified atom stereocenters. The van der Waals surface area contributed by atoms with Crippen molar-refractivity contribution in [3.05, 3.63) is 45.6 Å². The molecule has 0 bridgehead atoms. The van der Waals surface area contributed by atoms with Crippen molar-refractivity contribution in [3.8, 4) is 0 Å². The lowest BCUT2D eigenvalue weighted by molar-refractivity contribution is -0.137. The van der Waals surface area contributed by atoms with Gasteiger partial charge in [0.15, 0.2) is 0 Å². The highest BCUT2D eigenvalue weighted by Gasteiger charge is 2.31. The summed E-state index contributed by atoms with van der Waals surface area (Å²) in [5, 5.41) is 10.3. The van der Waals surface area contributed by atoms with Crippen LogP contribution in [-0.4, -0.2) is 19.5 Å². The molecule has 0 aliphatic heterocycles. The molecular weight excluding hydrogens is 355 g/mol. The van der Waals surface area contributed by atoms with Crippen molar-refractivity contribution in [1.82, 2.24) is 0 Å². The number of thiophene rings is 1. The molecule has 0 spiro atoms. The van der Waals surface area contributed by atoms with Crippen molar-refractivity contribution in [1.29, 1.82) is 0 Å². The van der Waals surface area contributed by atoms with E-state index in [1.54, 1.807) is 0 Å². The zero-order valence-electron chi connectivity index (χ0n) is 11.5. The van der Waals surface area contributed by atoms with E-state index in [1.165, 1.54) is 18.4 Å². The minimum Gasteiger partial charge on any atom is -0.477 e. The van der Waals surface area contributed by atoms with E-state index in [-0.39, 0.29) is 21.0 Å². The number of carboxylic acid groups (broad SMARTS) is 1. The van der Waals surface area contributed by atoms with Gasteiger partial charge in [-0.25, -0.2) is 13.2 Å². The number of aromatic carboxylic acids is 1. The molecule has 10 heteroatoms. The van der Waals surface area contributed by atoms with Crippen LogP contribution in [0.3, 0.4) is 0 Å². The first-order valence-corrected chi connectivity index (χ1v) is 8.40. The SMILES string of the molecule is Cc1cc(C(F)(F)F)ccc1S(=O)(=O)Nc1ccsc1C(=O)O. The monoisotopic (exact) mass is 365 g/mol. The summed E-state index contributed by atoms with van der Waals surface area (Å²) in [6.45, 7) is 1.23. The normalized spacial score (nSPS) is 12.2. The fourth-order valence-electron chi connectivity index (χ4n) is 1.88. The smallest absolute Gasteiger partial charge is 0.416 e. The van der Waals surface area contributed by atoms with E-state index in [0.717, 1.165) is 23.5 Å². The second-order valence-electron chi connectivity index (χ2n) is 4.55. The molecule has 2 aromatic rings. The van der Waals surface area contributed by atoms with Crippen LogP contribution in [0.1, 0.15) is 20.8 Å². The van der Waals surface area contributed by atoms with Crippen molar-refractivity contribution in [2.75, 3.05) is 4.72 Å². The Hall–Kier alpha value is -2.07. The minimum absolute atomic E-state index is 0.0978. The van der Waals surface area contributed by atoms with Gasteiger partial charge in [-0.05, 0) is 42.1 Å². The molecule has 1 aromatic heterocycles. The lowest BCUT2D eigenvalue weighted by Crippen LogP contribution is -2.16. The molecule has 124 valence electrons. The Balaban J connectivity index is 2.41. The van der Waals surface area contributed by atoms with Crippen LogP contribution in [0.5, 0.6) is 0 Å². The topological polar surface area (TPSA) is 83.5 Å². The van der Waals surface area contributed by atoms with E-state index >= 15 is 0 Å². The van der Waals surface area contributed by atoms with Gasteiger partial charge in [0.05, 0.1) is 16.1 Å². The van der Waals surface area contributed by atoms with E-state index in [9.17, 15) is 26.4 Å². The Morgan fingerprint density at radius 1 is 1.26 bits per heavy atom. The highest BCUT2D eigenvalue weighted by molar-refractivity contribution is 7.92. The molecule has 0 aliphatic rings. The van der Waals surface area contributed by atoms with Gasteiger partial charge in [0.1, 0.15) is 4.88 Å². The number of hydrogen-bond donors (Lipinski definition) is 2. The average molecular weight is 365 g/mol. The Morgan fingerprint density at radius 2 is 1.91 bits per heavy atom. The van der Waals surface area contributed by atoms with Crippen molar-refractivity contribution >= 4 is 33.0 Å². The van der Waals surface area contributed by atoms with Crippen molar-refractivity contribution in [2.24, 2.45) is 0 Å². The predicted molar refractivity (Wildman–Crippen MR) is 78.3 cm³/mol. The summed E-state index contributed by atoms with van der Waals surface area (Å²) in [6.07, 6.45) is -4.58. The maximum absolute atomic E-state index is 12.6. The summed E-state index contributed by atoms with van der Waals surface area (Å²) < 4.78 is 64.5. The molecule has 0 saturated heterocycles. The van der Waals surface area contributed by atoms with Gasteiger partial charge in [-0.2, -0.15) is 13.2 Å². The number of rotatable bonds is 4. The number of halogens is 3. The van der Waals surface area contributed by atoms with E-state index in [2.05, 4.69) is 4.72 Å². The van der Waals surface area contributed by atoms with Crippen LogP contribution in [0.25, 0.3) is 0 Å². The molecule has 0 aliphatic carbocycles. The highest BCUT2D eigenvalue weighted by Crippen LogP contribution is 2.32. The largest absolute Gasteiger partial charge is 0.477 e. The second-order valence-corrected chi connectivity index (χ2v) is 7.12. The highest BCUT2D eigenvalue weighted by atomic mass is 32.2. The fraction of sp³-hybridized carbons (Fsp3) is 0.154. The predicted octanol–water partition coefficient (Wildman–Crippen LogP) is 3.57. The minimum atomic E-state index is -4.58. The summed E-state index contributed by atoms with van der Waals surface area (Å²) in [6, 6.07) is 3.49.